The average molecular weight is 224 g/mol. The van der Waals surface area contributed by atoms with E-state index in [0.717, 1.165) is 0 Å². The topological polar surface area (TPSA) is 58.2 Å². The maximum atomic E-state index is 13.1. The van der Waals surface area contributed by atoms with Gasteiger partial charge in [0.15, 0.2) is 0 Å². The van der Waals surface area contributed by atoms with Gasteiger partial charge in [-0.25, -0.2) is 4.39 Å². The molecule has 0 unspecified atom stereocenters. The van der Waals surface area contributed by atoms with E-state index >= 15 is 0 Å². The van der Waals surface area contributed by atoms with Crippen LogP contribution >= 0.6 is 0 Å². The Morgan fingerprint density at radius 2 is 1.81 bits per heavy atom. The fraction of sp³-hybridized carbons (Fsp3) is 0.273. The van der Waals surface area contributed by atoms with Crippen LogP contribution in [0.3, 0.4) is 0 Å². The van der Waals surface area contributed by atoms with Crippen molar-refractivity contribution < 1.29 is 14.0 Å². The van der Waals surface area contributed by atoms with Gasteiger partial charge in [0, 0.05) is 18.7 Å². The van der Waals surface area contributed by atoms with Crippen LogP contribution in [0.1, 0.15) is 12.5 Å². The van der Waals surface area contributed by atoms with Gasteiger partial charge in [0.1, 0.15) is 5.82 Å². The van der Waals surface area contributed by atoms with Gasteiger partial charge in [-0.1, -0.05) is 18.2 Å². The van der Waals surface area contributed by atoms with Gasteiger partial charge in [0.25, 0.3) is 0 Å². The minimum atomic E-state index is -0.759. The first-order valence-electron chi connectivity index (χ1n) is 4.94. The largest absolute Gasteiger partial charge is 0.348 e. The SMILES string of the molecule is CCNC(=O)C(=O)NCc1ccccc1F. The summed E-state index contributed by atoms with van der Waals surface area (Å²) in [6.45, 7) is 2.09. The third-order valence-electron chi connectivity index (χ3n) is 1.94. The zero-order valence-electron chi connectivity index (χ0n) is 8.92. The number of carbonyl (C=O) groups is 2. The van der Waals surface area contributed by atoms with Crippen LogP contribution in [0.15, 0.2) is 24.3 Å². The van der Waals surface area contributed by atoms with Crippen molar-refractivity contribution in [3.05, 3.63) is 35.6 Å². The van der Waals surface area contributed by atoms with Gasteiger partial charge >= 0.3 is 11.8 Å². The van der Waals surface area contributed by atoms with Crippen LogP contribution in [0, 0.1) is 5.82 Å². The Kier molecular flexibility index (Phi) is 4.44. The van der Waals surface area contributed by atoms with Gasteiger partial charge in [-0.05, 0) is 13.0 Å². The summed E-state index contributed by atoms with van der Waals surface area (Å²) >= 11 is 0. The average Bonchev–Trinajstić information content (AvgIpc) is 2.28. The number of halogens is 1. The lowest BCUT2D eigenvalue weighted by molar-refractivity contribution is -0.139. The van der Waals surface area contributed by atoms with E-state index in [2.05, 4.69) is 10.6 Å². The summed E-state index contributed by atoms with van der Waals surface area (Å²) in [7, 11) is 0. The lowest BCUT2D eigenvalue weighted by atomic mass is 10.2. The molecule has 0 fully saturated rings. The van der Waals surface area contributed by atoms with Crippen molar-refractivity contribution in [2.24, 2.45) is 0 Å². The van der Waals surface area contributed by atoms with Gasteiger partial charge < -0.3 is 10.6 Å². The Morgan fingerprint density at radius 1 is 1.19 bits per heavy atom. The number of amides is 2. The minimum absolute atomic E-state index is 0.00262. The van der Waals surface area contributed by atoms with Gasteiger partial charge in [0.05, 0.1) is 0 Å². The van der Waals surface area contributed by atoms with Crippen molar-refractivity contribution in [2.45, 2.75) is 13.5 Å². The van der Waals surface area contributed by atoms with Crippen LogP contribution in [-0.2, 0) is 16.1 Å². The second kappa shape index (κ2) is 5.85. The number of hydrogen-bond donors (Lipinski definition) is 2. The first kappa shape index (κ1) is 12.2. The van der Waals surface area contributed by atoms with Crippen LogP contribution in [0.25, 0.3) is 0 Å². The smallest absolute Gasteiger partial charge is 0.309 e. The number of carbonyl (C=O) groups excluding carboxylic acids is 2. The van der Waals surface area contributed by atoms with Crippen molar-refractivity contribution in [3.8, 4) is 0 Å². The van der Waals surface area contributed by atoms with Crippen LogP contribution in [-0.4, -0.2) is 18.4 Å². The maximum absolute atomic E-state index is 13.1. The molecule has 0 aliphatic rings. The number of rotatable bonds is 3. The van der Waals surface area contributed by atoms with E-state index in [4.69, 9.17) is 0 Å². The summed E-state index contributed by atoms with van der Waals surface area (Å²) in [5.41, 5.74) is 0.347. The number of benzene rings is 1. The molecule has 2 N–H and O–H groups in total. The molecule has 16 heavy (non-hydrogen) atoms. The number of hydrogen-bond acceptors (Lipinski definition) is 2. The third kappa shape index (κ3) is 3.34. The molecule has 0 aliphatic heterocycles. The zero-order valence-corrected chi connectivity index (χ0v) is 8.92. The molecule has 0 aromatic heterocycles. The first-order valence-corrected chi connectivity index (χ1v) is 4.94. The molecule has 0 heterocycles. The molecule has 2 amide bonds. The molecule has 0 spiro atoms. The number of nitrogens with one attached hydrogen (secondary N) is 2. The van der Waals surface area contributed by atoms with Gasteiger partial charge in [-0.15, -0.1) is 0 Å². The van der Waals surface area contributed by atoms with Crippen LogP contribution in [0.5, 0.6) is 0 Å². The van der Waals surface area contributed by atoms with E-state index in [0.29, 0.717) is 12.1 Å². The highest BCUT2D eigenvalue weighted by Crippen LogP contribution is 2.05. The minimum Gasteiger partial charge on any atom is -0.348 e. The molecule has 1 aromatic carbocycles. The maximum Gasteiger partial charge on any atom is 0.309 e. The van der Waals surface area contributed by atoms with E-state index < -0.39 is 17.6 Å². The molecule has 1 aromatic rings. The van der Waals surface area contributed by atoms with E-state index in [-0.39, 0.29) is 6.54 Å². The standard InChI is InChI=1S/C11H13FN2O2/c1-2-13-10(15)11(16)14-7-8-5-3-4-6-9(8)12/h3-6H,2,7H2,1H3,(H,13,15)(H,14,16). The van der Waals surface area contributed by atoms with Crippen LogP contribution in [0.4, 0.5) is 4.39 Å². The highest BCUT2D eigenvalue weighted by atomic mass is 19.1. The van der Waals surface area contributed by atoms with Crippen molar-refractivity contribution in [1.82, 2.24) is 10.6 Å². The summed E-state index contributed by atoms with van der Waals surface area (Å²) in [6.07, 6.45) is 0. The molecule has 0 saturated heterocycles. The first-order chi connectivity index (χ1) is 7.65. The molecular weight excluding hydrogens is 211 g/mol. The summed E-state index contributed by atoms with van der Waals surface area (Å²) in [5, 5.41) is 4.68. The molecule has 4 nitrogen and oxygen atoms in total. The molecule has 0 saturated carbocycles. The van der Waals surface area contributed by atoms with Crippen molar-refractivity contribution in [1.29, 1.82) is 0 Å². The van der Waals surface area contributed by atoms with E-state index in [1.54, 1.807) is 25.1 Å². The Bertz CT molecular complexity index is 393. The molecule has 0 atom stereocenters. The Morgan fingerprint density at radius 3 is 2.44 bits per heavy atom. The van der Waals surface area contributed by atoms with Crippen LogP contribution in [0.2, 0.25) is 0 Å². The zero-order chi connectivity index (χ0) is 12.0. The molecule has 86 valence electrons. The Labute approximate surface area is 92.8 Å². The summed E-state index contributed by atoms with van der Waals surface area (Å²) in [5.74, 6) is -1.87. The van der Waals surface area contributed by atoms with E-state index in [9.17, 15) is 14.0 Å². The Balaban J connectivity index is 2.49. The highest BCUT2D eigenvalue weighted by molar-refractivity contribution is 6.35. The van der Waals surface area contributed by atoms with Crippen molar-refractivity contribution in [3.63, 3.8) is 0 Å². The molecule has 0 aliphatic carbocycles. The van der Waals surface area contributed by atoms with Crippen LogP contribution < -0.4 is 10.6 Å². The Hall–Kier alpha value is -1.91. The predicted molar refractivity (Wildman–Crippen MR) is 56.9 cm³/mol. The number of likely N-dealkylation sites (N-methyl/N-ethyl adjacent to an activating group) is 1. The second-order valence-corrected chi connectivity index (χ2v) is 3.13. The third-order valence-corrected chi connectivity index (χ3v) is 1.94. The fourth-order valence-corrected chi connectivity index (χ4v) is 1.14. The van der Waals surface area contributed by atoms with Gasteiger partial charge in [-0.2, -0.15) is 0 Å². The molecule has 5 heteroatoms. The fourth-order valence-electron chi connectivity index (χ4n) is 1.14. The van der Waals surface area contributed by atoms with Crippen molar-refractivity contribution in [2.75, 3.05) is 6.54 Å². The summed E-state index contributed by atoms with van der Waals surface area (Å²) in [4.78, 5) is 22.2. The van der Waals surface area contributed by atoms with Crippen molar-refractivity contribution >= 4 is 11.8 Å². The predicted octanol–water partition coefficient (Wildman–Crippen LogP) is 0.578. The normalized spacial score (nSPS) is 9.62. The van der Waals surface area contributed by atoms with Gasteiger partial charge in [-0.3, -0.25) is 9.59 Å². The lowest BCUT2D eigenvalue weighted by Gasteiger charge is -2.05. The molecule has 0 bridgehead atoms. The van der Waals surface area contributed by atoms with Gasteiger partial charge in [0.2, 0.25) is 0 Å². The molecule has 0 radical (unpaired) electrons. The van der Waals surface area contributed by atoms with E-state index in [1.165, 1.54) is 6.07 Å². The van der Waals surface area contributed by atoms with E-state index in [1.807, 2.05) is 0 Å². The summed E-state index contributed by atoms with van der Waals surface area (Å²) < 4.78 is 13.1. The molecule has 1 rings (SSSR count). The molecular formula is C11H13FN2O2. The second-order valence-electron chi connectivity index (χ2n) is 3.13. The summed E-state index contributed by atoms with van der Waals surface area (Å²) in [6, 6.07) is 6.07. The quantitative estimate of drug-likeness (QED) is 0.738. The lowest BCUT2D eigenvalue weighted by Crippen LogP contribution is -2.39. The monoisotopic (exact) mass is 224 g/mol. The highest BCUT2D eigenvalue weighted by Gasteiger charge is 2.11.